The second-order valence-electron chi connectivity index (χ2n) is 5.64. The Hall–Kier alpha value is -2.87. The molecule has 0 bridgehead atoms. The Kier molecular flexibility index (Phi) is 5.75. The zero-order chi connectivity index (χ0) is 19.4. The molecule has 0 spiro atoms. The predicted molar refractivity (Wildman–Crippen MR) is 99.9 cm³/mol. The first-order chi connectivity index (χ1) is 12.9. The molecule has 0 saturated heterocycles. The highest BCUT2D eigenvalue weighted by molar-refractivity contribution is 9.10. The van der Waals surface area contributed by atoms with Crippen molar-refractivity contribution >= 4 is 39.6 Å². The van der Waals surface area contributed by atoms with Gasteiger partial charge in [0.25, 0.3) is 5.91 Å². The van der Waals surface area contributed by atoms with Gasteiger partial charge in [-0.2, -0.15) is 0 Å². The van der Waals surface area contributed by atoms with Crippen molar-refractivity contribution < 1.29 is 28.2 Å². The summed E-state index contributed by atoms with van der Waals surface area (Å²) in [6, 6.07) is 9.28. The molecule has 0 fully saturated rings. The van der Waals surface area contributed by atoms with Gasteiger partial charge in [-0.3, -0.25) is 4.79 Å². The average Bonchev–Trinajstić information content (AvgIpc) is 3.10. The highest BCUT2D eigenvalue weighted by atomic mass is 79.9. The van der Waals surface area contributed by atoms with Crippen LogP contribution in [0.2, 0.25) is 0 Å². The van der Waals surface area contributed by atoms with Gasteiger partial charge in [0.15, 0.2) is 17.6 Å². The minimum Gasteiger partial charge on any atom is -0.454 e. The molecule has 2 aromatic rings. The Morgan fingerprint density at radius 1 is 1.22 bits per heavy atom. The Morgan fingerprint density at radius 3 is 2.81 bits per heavy atom. The summed E-state index contributed by atoms with van der Waals surface area (Å²) in [4.78, 5) is 24.0. The zero-order valence-electron chi connectivity index (χ0n) is 14.2. The molecule has 2 aromatic carbocycles. The Morgan fingerprint density at radius 2 is 2.00 bits per heavy atom. The molecule has 1 heterocycles. The topological polar surface area (TPSA) is 73.9 Å². The van der Waals surface area contributed by atoms with E-state index in [4.69, 9.17) is 14.2 Å². The highest BCUT2D eigenvalue weighted by Gasteiger charge is 2.19. The maximum Gasteiger partial charge on any atom is 0.331 e. The Bertz CT molecular complexity index is 915. The van der Waals surface area contributed by atoms with E-state index in [0.29, 0.717) is 21.7 Å². The summed E-state index contributed by atoms with van der Waals surface area (Å²) in [5, 5.41) is 2.63. The van der Waals surface area contributed by atoms with Crippen LogP contribution in [0.1, 0.15) is 12.5 Å². The highest BCUT2D eigenvalue weighted by Crippen LogP contribution is 2.34. The second kappa shape index (κ2) is 8.22. The summed E-state index contributed by atoms with van der Waals surface area (Å²) in [7, 11) is 0. The number of carbonyl (C=O) groups excluding carboxylic acids is 2. The summed E-state index contributed by atoms with van der Waals surface area (Å²) < 4.78 is 29.8. The van der Waals surface area contributed by atoms with Crippen LogP contribution in [-0.4, -0.2) is 24.8 Å². The summed E-state index contributed by atoms with van der Waals surface area (Å²) in [6.45, 7) is 1.57. The SMILES string of the molecule is CC(OC(=O)/C=C/c1cc(Br)ccc1F)C(=O)Nc1ccc2c(c1)OCO2. The molecule has 8 heteroatoms. The van der Waals surface area contributed by atoms with Crippen LogP contribution in [0.3, 0.4) is 0 Å². The first kappa shape index (κ1) is 18.9. The molecule has 1 amide bonds. The van der Waals surface area contributed by atoms with Crippen molar-refractivity contribution in [1.82, 2.24) is 0 Å². The van der Waals surface area contributed by atoms with Crippen LogP contribution in [0, 0.1) is 5.82 Å². The molecule has 3 rings (SSSR count). The lowest BCUT2D eigenvalue weighted by atomic mass is 10.2. The standard InChI is InChI=1S/C19H15BrFNO5/c1-11(19(24)22-14-4-6-16-17(9-14)26-10-25-16)27-18(23)7-2-12-8-13(20)3-5-15(12)21/h2-9,11H,10H2,1H3,(H,22,24)/b7-2+. The minimum atomic E-state index is -1.04. The molecule has 0 radical (unpaired) electrons. The first-order valence-electron chi connectivity index (χ1n) is 7.96. The molecule has 1 N–H and O–H groups in total. The summed E-state index contributed by atoms with van der Waals surface area (Å²) >= 11 is 3.23. The number of ether oxygens (including phenoxy) is 3. The number of amides is 1. The fourth-order valence-corrected chi connectivity index (χ4v) is 2.66. The van der Waals surface area contributed by atoms with E-state index >= 15 is 0 Å². The van der Waals surface area contributed by atoms with Crippen molar-refractivity contribution in [3.05, 3.63) is 58.3 Å². The van der Waals surface area contributed by atoms with E-state index in [9.17, 15) is 14.0 Å². The average molecular weight is 436 g/mol. The van der Waals surface area contributed by atoms with E-state index in [1.165, 1.54) is 25.1 Å². The zero-order valence-corrected chi connectivity index (χ0v) is 15.8. The molecule has 0 aliphatic carbocycles. The maximum absolute atomic E-state index is 13.6. The third kappa shape index (κ3) is 4.85. The number of benzene rings is 2. The van der Waals surface area contributed by atoms with Gasteiger partial charge in [-0.05, 0) is 43.3 Å². The van der Waals surface area contributed by atoms with Crippen molar-refractivity contribution in [1.29, 1.82) is 0 Å². The van der Waals surface area contributed by atoms with Crippen LogP contribution in [-0.2, 0) is 14.3 Å². The van der Waals surface area contributed by atoms with Gasteiger partial charge in [0.1, 0.15) is 5.82 Å². The first-order valence-corrected chi connectivity index (χ1v) is 8.76. The fraction of sp³-hybridized carbons (Fsp3) is 0.158. The molecule has 1 aliphatic heterocycles. The summed E-state index contributed by atoms with van der Waals surface area (Å²) in [5.74, 6) is -0.628. The van der Waals surface area contributed by atoms with E-state index in [1.54, 1.807) is 24.3 Å². The predicted octanol–water partition coefficient (Wildman–Crippen LogP) is 3.90. The molecule has 0 saturated carbocycles. The molecule has 6 nitrogen and oxygen atoms in total. The van der Waals surface area contributed by atoms with Crippen LogP contribution >= 0.6 is 15.9 Å². The van der Waals surface area contributed by atoms with Crippen LogP contribution < -0.4 is 14.8 Å². The van der Waals surface area contributed by atoms with Gasteiger partial charge in [-0.25, -0.2) is 9.18 Å². The van der Waals surface area contributed by atoms with Crippen molar-refractivity contribution in [2.24, 2.45) is 0 Å². The van der Waals surface area contributed by atoms with E-state index in [-0.39, 0.29) is 12.4 Å². The van der Waals surface area contributed by atoms with Crippen molar-refractivity contribution in [2.45, 2.75) is 13.0 Å². The number of halogens is 2. The van der Waals surface area contributed by atoms with Gasteiger partial charge in [0.2, 0.25) is 6.79 Å². The second-order valence-corrected chi connectivity index (χ2v) is 6.55. The molecule has 0 aromatic heterocycles. The van der Waals surface area contributed by atoms with E-state index in [0.717, 1.165) is 6.08 Å². The van der Waals surface area contributed by atoms with Crippen molar-refractivity contribution in [2.75, 3.05) is 12.1 Å². The van der Waals surface area contributed by atoms with Crippen LogP contribution in [0.15, 0.2) is 46.9 Å². The Balaban J connectivity index is 1.56. The third-order valence-electron chi connectivity index (χ3n) is 3.66. The molecular weight excluding hydrogens is 421 g/mol. The van der Waals surface area contributed by atoms with Crippen LogP contribution in [0.25, 0.3) is 6.08 Å². The van der Waals surface area contributed by atoms with Crippen LogP contribution in [0.4, 0.5) is 10.1 Å². The molecular formula is C19H15BrFNO5. The molecule has 27 heavy (non-hydrogen) atoms. The molecule has 1 unspecified atom stereocenters. The number of rotatable bonds is 5. The largest absolute Gasteiger partial charge is 0.454 e. The number of fused-ring (bicyclic) bond motifs is 1. The van der Waals surface area contributed by atoms with Gasteiger partial charge in [-0.1, -0.05) is 15.9 Å². The number of hydrogen-bond donors (Lipinski definition) is 1. The van der Waals surface area contributed by atoms with E-state index in [1.807, 2.05) is 0 Å². The number of carbonyl (C=O) groups is 2. The fourth-order valence-electron chi connectivity index (χ4n) is 2.29. The summed E-state index contributed by atoms with van der Waals surface area (Å²) in [5.41, 5.74) is 0.706. The van der Waals surface area contributed by atoms with E-state index in [2.05, 4.69) is 21.2 Å². The van der Waals surface area contributed by atoms with Gasteiger partial charge < -0.3 is 19.5 Å². The molecule has 1 aliphatic rings. The quantitative estimate of drug-likeness (QED) is 0.569. The summed E-state index contributed by atoms with van der Waals surface area (Å²) in [6.07, 6.45) is 1.31. The normalized spacial score (nSPS) is 13.4. The maximum atomic E-state index is 13.6. The number of hydrogen-bond acceptors (Lipinski definition) is 5. The third-order valence-corrected chi connectivity index (χ3v) is 4.15. The van der Waals surface area contributed by atoms with E-state index < -0.39 is 23.8 Å². The molecule has 140 valence electrons. The van der Waals surface area contributed by atoms with Gasteiger partial charge in [-0.15, -0.1) is 0 Å². The lowest BCUT2D eigenvalue weighted by Crippen LogP contribution is -2.29. The molecule has 1 atom stereocenters. The minimum absolute atomic E-state index is 0.131. The van der Waals surface area contributed by atoms with Crippen LogP contribution in [0.5, 0.6) is 11.5 Å². The monoisotopic (exact) mass is 435 g/mol. The number of esters is 1. The van der Waals surface area contributed by atoms with Crippen molar-refractivity contribution in [3.8, 4) is 11.5 Å². The van der Waals surface area contributed by atoms with Gasteiger partial charge >= 0.3 is 5.97 Å². The van der Waals surface area contributed by atoms with Gasteiger partial charge in [0, 0.05) is 27.9 Å². The lowest BCUT2D eigenvalue weighted by molar-refractivity contribution is -0.148. The van der Waals surface area contributed by atoms with Gasteiger partial charge in [0.05, 0.1) is 0 Å². The Labute approximate surface area is 163 Å². The number of nitrogens with one attached hydrogen (secondary N) is 1. The lowest BCUT2D eigenvalue weighted by Gasteiger charge is -2.12. The smallest absolute Gasteiger partial charge is 0.331 e. The number of anilines is 1. The van der Waals surface area contributed by atoms with Crippen molar-refractivity contribution in [3.63, 3.8) is 0 Å².